The average molecular weight is 1440 g/mol. The molecule has 25 rings (SSSR count). The molecule has 0 radical (unpaired) electrons. The van der Waals surface area contributed by atoms with Crippen LogP contribution >= 0.6 is 0 Å². The summed E-state index contributed by atoms with van der Waals surface area (Å²) in [6.07, 6.45) is 0. The number of hydrogen-bond donors (Lipinski definition) is 0. The lowest BCUT2D eigenvalue weighted by Crippen LogP contribution is -2.25. The topological polar surface area (TPSA) is 87.7 Å². The van der Waals surface area contributed by atoms with Crippen molar-refractivity contribution < 1.29 is 8.83 Å². The van der Waals surface area contributed by atoms with Crippen LogP contribution in [0.5, 0.6) is 0 Å². The van der Waals surface area contributed by atoms with Crippen molar-refractivity contribution in [2.45, 2.75) is 5.41 Å². The van der Waals surface area contributed by atoms with Crippen LogP contribution in [0.25, 0.3) is 210 Å². The molecule has 0 N–H and O–H groups in total. The third kappa shape index (κ3) is 9.26. The van der Waals surface area contributed by atoms with Crippen molar-refractivity contribution in [2.24, 2.45) is 0 Å². The van der Waals surface area contributed by atoms with Crippen molar-refractivity contribution in [3.63, 3.8) is 0 Å². The van der Waals surface area contributed by atoms with Gasteiger partial charge in [0.1, 0.15) is 22.3 Å². The van der Waals surface area contributed by atoms with Crippen LogP contribution in [0.2, 0.25) is 0 Å². The van der Waals surface area contributed by atoms with Crippen LogP contribution in [0.4, 0.5) is 0 Å². The number of fused-ring (bicyclic) bond motifs is 27. The van der Waals surface area contributed by atoms with Gasteiger partial charge in [-0.15, -0.1) is 0 Å². The van der Waals surface area contributed by atoms with E-state index in [1.165, 1.54) is 98.9 Å². The normalized spacial score (nSPS) is 12.7. The molecule has 0 aliphatic heterocycles. The lowest BCUT2D eigenvalue weighted by Gasteiger charge is -2.30. The SMILES string of the molecule is c1ccc(-c2nc(-c3cccc4c3oc3ccc(-n5c6ccccc6c6ccc7c(c65)-c5ccccc5C75c6ccccc6-c6ccccc65)cc34)c3ccccc3n2)cc1.c1ccc(-c2nc(-c3ccccc3)c3cc(-c4cccc5c4oc4ccc(-n6c7ccccc7c7c8ccccc8ccc76)cc45)ccc3n2)cc1. The molecule has 0 fully saturated rings. The van der Waals surface area contributed by atoms with Crippen molar-refractivity contribution >= 4 is 120 Å². The predicted molar refractivity (Wildman–Crippen MR) is 463 cm³/mol. The van der Waals surface area contributed by atoms with Gasteiger partial charge < -0.3 is 18.0 Å². The zero-order valence-corrected chi connectivity index (χ0v) is 60.8. The van der Waals surface area contributed by atoms with Crippen molar-refractivity contribution in [3.05, 3.63) is 398 Å². The molecule has 113 heavy (non-hydrogen) atoms. The summed E-state index contributed by atoms with van der Waals surface area (Å²) in [7, 11) is 0. The van der Waals surface area contributed by atoms with Crippen LogP contribution in [-0.2, 0) is 5.41 Å². The van der Waals surface area contributed by atoms with Gasteiger partial charge in [0.2, 0.25) is 0 Å². The minimum Gasteiger partial charge on any atom is -0.455 e. The molecule has 2 aliphatic rings. The molecule has 8 heteroatoms. The molecule has 0 saturated carbocycles. The maximum atomic E-state index is 6.86. The van der Waals surface area contributed by atoms with Crippen LogP contribution in [0.15, 0.2) is 385 Å². The molecule has 0 atom stereocenters. The minimum atomic E-state index is -0.429. The van der Waals surface area contributed by atoms with Crippen LogP contribution in [0.3, 0.4) is 0 Å². The number of furan rings is 2. The van der Waals surface area contributed by atoms with Crippen molar-refractivity contribution in [3.8, 4) is 90.0 Å². The van der Waals surface area contributed by atoms with Gasteiger partial charge in [-0.05, 0) is 134 Å². The third-order valence-corrected chi connectivity index (χ3v) is 23.8. The lowest BCUT2D eigenvalue weighted by atomic mass is 9.70. The first-order chi connectivity index (χ1) is 56.1. The van der Waals surface area contributed by atoms with Crippen LogP contribution in [0.1, 0.15) is 22.3 Å². The Morgan fingerprint density at radius 1 is 0.248 bits per heavy atom. The molecule has 23 aromatic rings. The van der Waals surface area contributed by atoms with Gasteiger partial charge in [-0.1, -0.05) is 297 Å². The summed E-state index contributed by atoms with van der Waals surface area (Å²) in [4.78, 5) is 20.4. The number of hydrogen-bond acceptors (Lipinski definition) is 6. The number of rotatable bonds is 7. The first kappa shape index (κ1) is 62.9. The second-order valence-corrected chi connectivity index (χ2v) is 29.7. The molecule has 524 valence electrons. The van der Waals surface area contributed by atoms with E-state index in [1.54, 1.807) is 0 Å². The highest BCUT2D eigenvalue weighted by Crippen LogP contribution is 2.64. The third-order valence-electron chi connectivity index (χ3n) is 23.8. The predicted octanol–water partition coefficient (Wildman–Crippen LogP) is 27.1. The second kappa shape index (κ2) is 24.4. The largest absolute Gasteiger partial charge is 0.455 e. The Kier molecular flexibility index (Phi) is 13.6. The quantitative estimate of drug-likeness (QED) is 0.158. The highest BCUT2D eigenvalue weighted by atomic mass is 16.3. The molecule has 17 aromatic carbocycles. The molecule has 0 unspecified atom stereocenters. The molecular formula is C105H62N6O2. The Morgan fingerprint density at radius 3 is 1.42 bits per heavy atom. The van der Waals surface area contributed by atoms with Crippen LogP contribution in [-0.4, -0.2) is 29.1 Å². The average Bonchev–Trinajstić information content (AvgIpc) is 1.50. The molecule has 6 heterocycles. The molecule has 0 amide bonds. The molecule has 2 aliphatic carbocycles. The summed E-state index contributed by atoms with van der Waals surface area (Å²) in [6, 6.07) is 134. The fourth-order valence-corrected chi connectivity index (χ4v) is 19.0. The second-order valence-electron chi connectivity index (χ2n) is 29.7. The van der Waals surface area contributed by atoms with Crippen molar-refractivity contribution in [1.29, 1.82) is 0 Å². The van der Waals surface area contributed by atoms with E-state index >= 15 is 0 Å². The van der Waals surface area contributed by atoms with E-state index in [9.17, 15) is 0 Å². The monoisotopic (exact) mass is 1440 g/mol. The van der Waals surface area contributed by atoms with Gasteiger partial charge in [0.05, 0.1) is 49.9 Å². The summed E-state index contributed by atoms with van der Waals surface area (Å²) >= 11 is 0. The van der Waals surface area contributed by atoms with E-state index in [-0.39, 0.29) is 0 Å². The number of aromatic nitrogens is 6. The number of benzene rings is 17. The fourth-order valence-electron chi connectivity index (χ4n) is 19.0. The van der Waals surface area contributed by atoms with Gasteiger partial charge in [0, 0.05) is 98.6 Å². The summed E-state index contributed by atoms with van der Waals surface area (Å²) in [6.45, 7) is 0. The van der Waals surface area contributed by atoms with Gasteiger partial charge in [-0.3, -0.25) is 0 Å². The van der Waals surface area contributed by atoms with Gasteiger partial charge >= 0.3 is 0 Å². The van der Waals surface area contributed by atoms with Crippen LogP contribution in [0, 0.1) is 0 Å². The Morgan fingerprint density at radius 2 is 0.743 bits per heavy atom. The summed E-state index contributed by atoms with van der Waals surface area (Å²) in [5, 5.41) is 13.8. The lowest BCUT2D eigenvalue weighted by molar-refractivity contribution is 0.669. The molecule has 0 saturated heterocycles. The van der Waals surface area contributed by atoms with Crippen molar-refractivity contribution in [2.75, 3.05) is 0 Å². The molecule has 6 aromatic heterocycles. The van der Waals surface area contributed by atoms with Gasteiger partial charge in [0.25, 0.3) is 0 Å². The zero-order valence-electron chi connectivity index (χ0n) is 60.8. The summed E-state index contributed by atoms with van der Waals surface area (Å²) < 4.78 is 18.5. The Bertz CT molecular complexity index is 7900. The summed E-state index contributed by atoms with van der Waals surface area (Å²) in [5.74, 6) is 1.41. The van der Waals surface area contributed by atoms with E-state index in [1.807, 2.05) is 48.5 Å². The summed E-state index contributed by atoms with van der Waals surface area (Å²) in [5.41, 5.74) is 30.1. The maximum absolute atomic E-state index is 6.86. The Balaban J connectivity index is 0.000000133. The first-order valence-corrected chi connectivity index (χ1v) is 38.5. The van der Waals surface area contributed by atoms with E-state index in [0.717, 1.165) is 122 Å². The molecular weight excluding hydrogens is 1380 g/mol. The standard InChI is InChI=1S/C57H33N3O.C48H29N3O/c1-2-15-34(16-3-1)56-58-49-27-12-7-21-42(49)53(59-56)43-23-14-22-40-44-33-35(29-32-51(44)61-55(40)43)60-50-28-13-8-19-38(50)39-30-31-48-52(54(39)60)41-20-6-11-26-47(41)57(48)45-24-9-4-17-36(45)37-18-5-10-25-46(37)57;1-3-13-31(14-4-1)46-40-28-33(22-25-41(40)49-48(50-46)32-15-5-2-6-16-32)36-19-11-20-37-39-29-34(24-27-44(39)52-47(36)37)51-42-21-10-9-18-38(42)45-35-17-8-7-12-30(35)23-26-43(45)51/h1-33H;1-29H. The van der Waals surface area contributed by atoms with E-state index in [0.29, 0.717) is 11.6 Å². The van der Waals surface area contributed by atoms with E-state index < -0.39 is 5.41 Å². The maximum Gasteiger partial charge on any atom is 0.160 e. The van der Waals surface area contributed by atoms with Gasteiger partial charge in [0.15, 0.2) is 11.6 Å². The first-order valence-electron chi connectivity index (χ1n) is 38.5. The molecule has 1 spiro atoms. The Labute approximate surface area is 647 Å². The smallest absolute Gasteiger partial charge is 0.160 e. The van der Waals surface area contributed by atoms with Crippen LogP contribution < -0.4 is 0 Å². The van der Waals surface area contributed by atoms with E-state index in [4.69, 9.17) is 28.8 Å². The Hall–Kier alpha value is -15.1. The fraction of sp³-hybridized carbons (Fsp3) is 0.00952. The number of para-hydroxylation sites is 5. The van der Waals surface area contributed by atoms with Crippen molar-refractivity contribution in [1.82, 2.24) is 29.1 Å². The zero-order chi connectivity index (χ0) is 74.0. The van der Waals surface area contributed by atoms with E-state index in [2.05, 4.69) is 337 Å². The highest BCUT2D eigenvalue weighted by Gasteiger charge is 2.52. The number of nitrogens with zero attached hydrogens (tertiary/aromatic N) is 6. The highest BCUT2D eigenvalue weighted by molar-refractivity contribution is 6.23. The molecule has 8 nitrogen and oxygen atoms in total. The molecule has 0 bridgehead atoms. The minimum absolute atomic E-state index is 0.429. The van der Waals surface area contributed by atoms with Gasteiger partial charge in [-0.25, -0.2) is 19.9 Å². The van der Waals surface area contributed by atoms with Gasteiger partial charge in [-0.2, -0.15) is 0 Å².